The van der Waals surface area contributed by atoms with E-state index in [0.717, 1.165) is 6.42 Å². The van der Waals surface area contributed by atoms with Crippen molar-refractivity contribution in [3.63, 3.8) is 0 Å². The maximum Gasteiger partial charge on any atom is 0.339 e. The molecule has 1 rings (SSSR count). The normalized spacial score (nSPS) is 11.9. The summed E-state index contributed by atoms with van der Waals surface area (Å²) in [5.41, 5.74) is 0.863. The maximum atomic E-state index is 11.6. The molecule has 0 N–H and O–H groups in total. The first-order chi connectivity index (χ1) is 7.15. The van der Waals surface area contributed by atoms with Crippen LogP contribution in [0.5, 0.6) is 0 Å². The van der Waals surface area contributed by atoms with Crippen molar-refractivity contribution in [2.45, 2.75) is 26.4 Å². The molecule has 0 saturated heterocycles. The van der Waals surface area contributed by atoms with E-state index < -0.39 is 5.97 Å². The van der Waals surface area contributed by atoms with Gasteiger partial charge in [0, 0.05) is 6.20 Å². The van der Waals surface area contributed by atoms with E-state index in [1.165, 1.54) is 0 Å². The van der Waals surface area contributed by atoms with Gasteiger partial charge in [-0.25, -0.2) is 4.79 Å². The molecule has 0 bridgehead atoms. The molecule has 0 aliphatic carbocycles. The van der Waals surface area contributed by atoms with Crippen LogP contribution in [0.15, 0.2) is 31.0 Å². The molecule has 1 heterocycles. The van der Waals surface area contributed by atoms with Gasteiger partial charge in [0.2, 0.25) is 0 Å². The molecular weight excluding hydrogens is 190 g/mol. The Morgan fingerprint density at radius 3 is 2.87 bits per heavy atom. The van der Waals surface area contributed by atoms with Crippen molar-refractivity contribution < 1.29 is 9.53 Å². The average Bonchev–Trinajstić information content (AvgIpc) is 2.29. The van der Waals surface area contributed by atoms with Crippen LogP contribution in [-0.4, -0.2) is 17.1 Å². The summed E-state index contributed by atoms with van der Waals surface area (Å²) >= 11 is 0. The molecule has 1 atom stereocenters. The van der Waals surface area contributed by atoms with E-state index in [9.17, 15) is 4.79 Å². The number of carbonyl (C=O) groups is 1. The zero-order valence-corrected chi connectivity index (χ0v) is 9.06. The van der Waals surface area contributed by atoms with E-state index in [2.05, 4.69) is 11.6 Å². The molecule has 3 nitrogen and oxygen atoms in total. The molecule has 0 aliphatic heterocycles. The molecule has 0 aliphatic rings. The van der Waals surface area contributed by atoms with Gasteiger partial charge in [0.05, 0.1) is 17.4 Å². The summed E-state index contributed by atoms with van der Waals surface area (Å²) in [6.45, 7) is 7.49. The minimum atomic E-state index is -0.400. The number of pyridine rings is 1. The Balaban J connectivity index is 2.66. The van der Waals surface area contributed by atoms with Crippen molar-refractivity contribution >= 4 is 11.5 Å². The van der Waals surface area contributed by atoms with Gasteiger partial charge in [0.15, 0.2) is 0 Å². The number of nitrogens with zero attached hydrogens (tertiary/aromatic N) is 1. The molecule has 3 heteroatoms. The molecule has 0 saturated carbocycles. The van der Waals surface area contributed by atoms with Crippen LogP contribution in [0.2, 0.25) is 0 Å². The Morgan fingerprint density at radius 1 is 1.60 bits per heavy atom. The summed E-state index contributed by atoms with van der Waals surface area (Å²) in [6, 6.07) is 5.33. The van der Waals surface area contributed by atoms with Crippen LogP contribution in [0.1, 0.15) is 26.0 Å². The average molecular weight is 205 g/mol. The van der Waals surface area contributed by atoms with Gasteiger partial charge < -0.3 is 4.74 Å². The number of hydrogen-bond acceptors (Lipinski definition) is 3. The van der Waals surface area contributed by atoms with Crippen LogP contribution in [0.3, 0.4) is 0 Å². The number of rotatable bonds is 4. The SMILES string of the molecule is C=C(C(=O)OC(C)CC)c1ccccn1. The van der Waals surface area contributed by atoms with Gasteiger partial charge in [0.25, 0.3) is 0 Å². The third kappa shape index (κ3) is 3.20. The van der Waals surface area contributed by atoms with Gasteiger partial charge in [-0.05, 0) is 25.5 Å². The molecule has 0 spiro atoms. The highest BCUT2D eigenvalue weighted by Crippen LogP contribution is 2.12. The third-order valence-electron chi connectivity index (χ3n) is 2.10. The quantitative estimate of drug-likeness (QED) is 0.559. The topological polar surface area (TPSA) is 39.2 Å². The van der Waals surface area contributed by atoms with Crippen molar-refractivity contribution in [3.8, 4) is 0 Å². The highest BCUT2D eigenvalue weighted by Gasteiger charge is 2.14. The first kappa shape index (κ1) is 11.4. The van der Waals surface area contributed by atoms with E-state index >= 15 is 0 Å². The standard InChI is InChI=1S/C12H15NO2/c1-4-9(2)15-12(14)10(3)11-7-5-6-8-13-11/h5-9H,3-4H2,1-2H3. The smallest absolute Gasteiger partial charge is 0.339 e. The lowest BCUT2D eigenvalue weighted by molar-refractivity contribution is -0.141. The molecule has 0 amide bonds. The maximum absolute atomic E-state index is 11.6. The van der Waals surface area contributed by atoms with Gasteiger partial charge in [-0.3, -0.25) is 4.98 Å². The second-order valence-corrected chi connectivity index (χ2v) is 3.32. The van der Waals surface area contributed by atoms with Crippen LogP contribution in [-0.2, 0) is 9.53 Å². The lowest BCUT2D eigenvalue weighted by atomic mass is 10.2. The zero-order valence-electron chi connectivity index (χ0n) is 9.06. The van der Waals surface area contributed by atoms with E-state index in [4.69, 9.17) is 4.74 Å². The molecule has 0 aromatic carbocycles. The first-order valence-electron chi connectivity index (χ1n) is 4.96. The fourth-order valence-electron chi connectivity index (χ4n) is 0.983. The van der Waals surface area contributed by atoms with Gasteiger partial charge in [-0.1, -0.05) is 19.6 Å². The van der Waals surface area contributed by atoms with Crippen molar-refractivity contribution in [3.05, 3.63) is 36.7 Å². The number of carbonyl (C=O) groups excluding carboxylic acids is 1. The second-order valence-electron chi connectivity index (χ2n) is 3.32. The minimum Gasteiger partial charge on any atom is -0.459 e. The van der Waals surface area contributed by atoms with Gasteiger partial charge >= 0.3 is 5.97 Å². The molecular formula is C12H15NO2. The van der Waals surface area contributed by atoms with Crippen LogP contribution < -0.4 is 0 Å². The Hall–Kier alpha value is -1.64. The predicted octanol–water partition coefficient (Wildman–Crippen LogP) is 2.44. The third-order valence-corrected chi connectivity index (χ3v) is 2.10. The monoisotopic (exact) mass is 205 g/mol. The lowest BCUT2D eigenvalue weighted by Crippen LogP contribution is -2.15. The lowest BCUT2D eigenvalue weighted by Gasteiger charge is -2.11. The molecule has 1 unspecified atom stereocenters. The number of hydrogen-bond donors (Lipinski definition) is 0. The minimum absolute atomic E-state index is 0.0852. The highest BCUT2D eigenvalue weighted by atomic mass is 16.5. The van der Waals surface area contributed by atoms with Gasteiger partial charge in [-0.2, -0.15) is 0 Å². The van der Waals surface area contributed by atoms with E-state index in [0.29, 0.717) is 11.3 Å². The van der Waals surface area contributed by atoms with E-state index in [1.807, 2.05) is 19.9 Å². The predicted molar refractivity (Wildman–Crippen MR) is 59.1 cm³/mol. The summed E-state index contributed by atoms with van der Waals surface area (Å²) in [6.07, 6.45) is 2.33. The summed E-state index contributed by atoms with van der Waals surface area (Å²) in [7, 11) is 0. The molecule has 80 valence electrons. The Labute approximate surface area is 89.8 Å². The van der Waals surface area contributed by atoms with Crippen LogP contribution >= 0.6 is 0 Å². The van der Waals surface area contributed by atoms with Crippen molar-refractivity contribution in [1.82, 2.24) is 4.98 Å². The summed E-state index contributed by atoms with van der Waals surface area (Å²) in [5.74, 6) is -0.400. The molecule has 1 aromatic heterocycles. The van der Waals surface area contributed by atoms with Gasteiger partial charge in [0.1, 0.15) is 0 Å². The fraction of sp³-hybridized carbons (Fsp3) is 0.333. The molecule has 1 aromatic rings. The Morgan fingerprint density at radius 2 is 2.33 bits per heavy atom. The van der Waals surface area contributed by atoms with Crippen molar-refractivity contribution in [2.75, 3.05) is 0 Å². The van der Waals surface area contributed by atoms with E-state index in [1.54, 1.807) is 18.3 Å². The number of ether oxygens (including phenoxy) is 1. The Kier molecular flexibility index (Phi) is 4.03. The number of esters is 1. The van der Waals surface area contributed by atoms with Crippen LogP contribution in [0.4, 0.5) is 0 Å². The highest BCUT2D eigenvalue weighted by molar-refractivity contribution is 6.14. The van der Waals surface area contributed by atoms with Crippen LogP contribution in [0, 0.1) is 0 Å². The largest absolute Gasteiger partial charge is 0.459 e. The molecule has 0 fully saturated rings. The summed E-state index contributed by atoms with van der Waals surface area (Å²) < 4.78 is 5.14. The zero-order chi connectivity index (χ0) is 11.3. The summed E-state index contributed by atoms with van der Waals surface area (Å²) in [4.78, 5) is 15.6. The van der Waals surface area contributed by atoms with E-state index in [-0.39, 0.29) is 6.10 Å². The van der Waals surface area contributed by atoms with Crippen molar-refractivity contribution in [1.29, 1.82) is 0 Å². The van der Waals surface area contributed by atoms with Crippen molar-refractivity contribution in [2.24, 2.45) is 0 Å². The first-order valence-corrected chi connectivity index (χ1v) is 4.96. The second kappa shape index (κ2) is 5.29. The van der Waals surface area contributed by atoms with Gasteiger partial charge in [-0.15, -0.1) is 0 Å². The molecule has 0 radical (unpaired) electrons. The fourth-order valence-corrected chi connectivity index (χ4v) is 0.983. The molecule has 15 heavy (non-hydrogen) atoms. The summed E-state index contributed by atoms with van der Waals surface area (Å²) in [5, 5.41) is 0. The Bertz CT molecular complexity index is 346. The van der Waals surface area contributed by atoms with Crippen LogP contribution in [0.25, 0.3) is 5.57 Å². The number of aromatic nitrogens is 1.